The fourth-order valence-corrected chi connectivity index (χ4v) is 25.2. The van der Waals surface area contributed by atoms with Crippen molar-refractivity contribution < 1.29 is 26.3 Å². The van der Waals surface area contributed by atoms with Crippen molar-refractivity contribution in [3.63, 3.8) is 0 Å². The maximum atomic E-state index is 18.2. The highest BCUT2D eigenvalue weighted by Gasteiger charge is 2.84. The van der Waals surface area contributed by atoms with Gasteiger partial charge in [-0.15, -0.1) is 0 Å². The number of fused-ring (bicyclic) bond motifs is 22. The number of alkyl halides is 6. The number of rotatable bonds is 6. The highest BCUT2D eigenvalue weighted by Crippen LogP contribution is 2.75. The highest BCUT2D eigenvalue weighted by molar-refractivity contribution is 8.13. The summed E-state index contributed by atoms with van der Waals surface area (Å²) in [5.74, 6) is -16.5. The van der Waals surface area contributed by atoms with Crippen molar-refractivity contribution >= 4 is 164 Å². The van der Waals surface area contributed by atoms with Crippen LogP contribution in [0.3, 0.4) is 0 Å². The first-order valence-electron chi connectivity index (χ1n) is 47.0. The lowest BCUT2D eigenvalue weighted by molar-refractivity contribution is -0.258. The molecule has 2 unspecified atom stereocenters. The summed E-state index contributed by atoms with van der Waals surface area (Å²) in [6.45, 7) is 57.4. The quantitative estimate of drug-likeness (QED) is 0.155. The molecule has 6 nitrogen and oxygen atoms in total. The molecule has 22 rings (SSSR count). The van der Waals surface area contributed by atoms with Gasteiger partial charge in [0.05, 0.1) is 85.8 Å². The Morgan fingerprint density at radius 1 is 0.203 bits per heavy atom. The summed E-state index contributed by atoms with van der Waals surface area (Å²) in [6.07, 6.45) is 3.11. The van der Waals surface area contributed by atoms with Gasteiger partial charge in [-0.2, -0.15) is 26.3 Å². The topological polar surface area (TPSA) is 29.6 Å². The molecule has 4 aliphatic rings. The lowest BCUT2D eigenvalue weighted by atomic mass is 9.71. The molecule has 676 valence electrons. The van der Waals surface area contributed by atoms with E-state index in [2.05, 4.69) is 412 Å². The van der Waals surface area contributed by atoms with Crippen LogP contribution in [0, 0.1) is 0 Å². The average molecular weight is 1810 g/mol. The van der Waals surface area contributed by atoms with Gasteiger partial charge in [0.1, 0.15) is 0 Å². The molecule has 8 heterocycles. The molecule has 12 aromatic carbocycles. The monoisotopic (exact) mass is 1810 g/mol. The van der Waals surface area contributed by atoms with Gasteiger partial charge in [-0.25, -0.2) is 0 Å². The number of halogens is 6. The molecule has 0 saturated heterocycles. The summed E-state index contributed by atoms with van der Waals surface area (Å²) in [4.78, 5) is 0. The number of allylic oxidation sites excluding steroid dienone is 4. The molecule has 18 aromatic rings. The van der Waals surface area contributed by atoms with Crippen LogP contribution < -0.4 is 0 Å². The molecule has 2 aliphatic carbocycles. The first-order chi connectivity index (χ1) is 62.0. The van der Waals surface area contributed by atoms with Crippen LogP contribution in [0.25, 0.3) is 164 Å². The molecule has 0 bridgehead atoms. The Morgan fingerprint density at radius 3 is 0.519 bits per heavy atom. The van der Waals surface area contributed by atoms with Gasteiger partial charge in [0, 0.05) is 98.5 Å². The Hall–Kier alpha value is -11.3. The van der Waals surface area contributed by atoms with Crippen LogP contribution >= 0.6 is 23.5 Å². The Labute approximate surface area is 783 Å². The van der Waals surface area contributed by atoms with Gasteiger partial charge in [0.25, 0.3) is 0 Å². The van der Waals surface area contributed by atoms with E-state index in [9.17, 15) is 0 Å². The second-order valence-electron chi connectivity index (χ2n) is 47.2. The zero-order chi connectivity index (χ0) is 94.5. The van der Waals surface area contributed by atoms with Crippen LogP contribution in [0.2, 0.25) is 0 Å². The van der Waals surface area contributed by atoms with Crippen molar-refractivity contribution in [2.75, 3.05) is 0 Å². The molecular weight excluding hydrogens is 1690 g/mol. The number of benzene rings is 12. The standard InChI is InChI=1S/C119H116F6N6S2/c1-107(2,3)65-27-39-91-77(51-65)78-52-66(108(4,5)6)28-40-92(78)126(91)73-35-47-99-85(59-73)86-60-74(127-93-41-29-67(109(7,8)9)53-79(93)80-54-68(110(10,11)12)30-42-94(80)127)36-48-100(86)130(99)103-63-89-105-106(118(122,123)119(124,125)117(105,120)121)90-64-104(133-116(90,26)115(89,25)132-103)131-101-49-37-75(128-95-43-31-69(111(13,14)15)55-81(95)82-56-70(112(16,17)18)32-44-96(82)128)61-87(101)88-62-76(38-50-102(88)131)129-97-45-33-71(113(19,20)21)57-83(97)84-58-72(114(22,23)24)34-46-98(84)129/h27-64H,1-26H3. The smallest absolute Gasteiger partial charge is 0.309 e. The van der Waals surface area contributed by atoms with E-state index >= 15 is 26.3 Å². The Morgan fingerprint density at radius 2 is 0.353 bits per heavy atom. The number of hydrogen-bond donors (Lipinski definition) is 0. The SMILES string of the molecule is CC(C)(C)c1ccc2c(c1)c1cc(C(C)(C)C)ccc1n2-c1ccc2c(c1)c1cc(-n3c4ccc(C(C)(C)C)cc4c4cc(C(C)(C)C)ccc43)ccc1n2C1=CC2=C3C(=C4C=C(n5c6ccc(-n7c8ccc(C(C)(C)C)cc8c8cc(C(C)(C)C)ccc87)cc6c6cc(-n7c8ccc(C(C)(C)C)cc8c8cc(C(C)(C)C)ccc87)ccc65)SC4(C)C2(C)S1)C(F)(F)C(F)(F)C3(F)F. The van der Waals surface area contributed by atoms with Crippen LogP contribution in [-0.2, 0) is 43.3 Å². The van der Waals surface area contributed by atoms with E-state index in [1.54, 1.807) is 12.2 Å². The van der Waals surface area contributed by atoms with Gasteiger partial charge >= 0.3 is 17.8 Å². The van der Waals surface area contributed by atoms with Crippen LogP contribution in [0.4, 0.5) is 26.3 Å². The average Bonchev–Trinajstić information content (AvgIpc) is 1.48. The summed E-state index contributed by atoms with van der Waals surface area (Å²) >= 11 is 2.56. The summed E-state index contributed by atoms with van der Waals surface area (Å²) in [7, 11) is 0. The first kappa shape index (κ1) is 87.0. The van der Waals surface area contributed by atoms with Gasteiger partial charge in [0.2, 0.25) is 0 Å². The van der Waals surface area contributed by atoms with E-state index in [1.807, 2.05) is 13.8 Å². The second kappa shape index (κ2) is 27.5. The Balaban J connectivity index is 0.766. The fraction of sp³-hybridized carbons (Fsp3) is 0.328. The predicted molar refractivity (Wildman–Crippen MR) is 555 cm³/mol. The van der Waals surface area contributed by atoms with E-state index in [4.69, 9.17) is 0 Å². The molecule has 6 aromatic heterocycles. The molecule has 2 aliphatic heterocycles. The van der Waals surface area contributed by atoms with Crippen molar-refractivity contribution in [2.45, 2.75) is 251 Å². The summed E-state index contributed by atoms with van der Waals surface area (Å²) < 4.78 is 118. The second-order valence-corrected chi connectivity index (χ2v) is 50.1. The summed E-state index contributed by atoms with van der Waals surface area (Å²) in [5, 5.41) is 13.2. The van der Waals surface area contributed by atoms with Gasteiger partial charge in [-0.05, 0) is 295 Å². The molecule has 14 heteroatoms. The van der Waals surface area contributed by atoms with Crippen LogP contribution in [0.5, 0.6) is 0 Å². The molecule has 0 spiro atoms. The zero-order valence-corrected chi connectivity index (χ0v) is 82.8. The first-order valence-corrected chi connectivity index (χ1v) is 48.6. The number of thioether (sulfide) groups is 2. The summed E-state index contributed by atoms with van der Waals surface area (Å²) in [6, 6.07) is 80.2. The lowest BCUT2D eigenvalue weighted by Crippen LogP contribution is -2.49. The minimum Gasteiger partial charge on any atom is -0.309 e. The summed E-state index contributed by atoms with van der Waals surface area (Å²) in [5.41, 5.74) is 19.9. The van der Waals surface area contributed by atoms with E-state index in [0.29, 0.717) is 32.1 Å². The predicted octanol–water partition coefficient (Wildman–Crippen LogP) is 34.5. The normalized spacial score (nSPS) is 18.7. The van der Waals surface area contributed by atoms with Gasteiger partial charge < -0.3 is 27.4 Å². The van der Waals surface area contributed by atoms with Crippen molar-refractivity contribution in [1.29, 1.82) is 0 Å². The third kappa shape index (κ3) is 12.4. The third-order valence-electron chi connectivity index (χ3n) is 30.2. The molecule has 0 N–H and O–H groups in total. The molecule has 133 heavy (non-hydrogen) atoms. The Bertz CT molecular complexity index is 7210. The third-order valence-corrected chi connectivity index (χ3v) is 33.4. The molecule has 1 fully saturated rings. The van der Waals surface area contributed by atoms with Gasteiger partial charge in [-0.3, -0.25) is 0 Å². The van der Waals surface area contributed by atoms with Crippen LogP contribution in [0.15, 0.2) is 253 Å². The molecular formula is C119H116F6N6S2. The van der Waals surface area contributed by atoms with Gasteiger partial charge in [-0.1, -0.05) is 238 Å². The minimum absolute atomic E-state index is 0.150. The largest absolute Gasteiger partial charge is 0.380 e. The highest BCUT2D eigenvalue weighted by atomic mass is 32.2. The van der Waals surface area contributed by atoms with Crippen molar-refractivity contribution in [2.24, 2.45) is 0 Å². The van der Waals surface area contributed by atoms with E-state index in [-0.39, 0.29) is 54.5 Å². The molecule has 2 atom stereocenters. The maximum absolute atomic E-state index is 18.2. The lowest BCUT2D eigenvalue weighted by Gasteiger charge is -2.47. The maximum Gasteiger partial charge on any atom is 0.380 e. The number of hydrogen-bond acceptors (Lipinski definition) is 2. The van der Waals surface area contributed by atoms with E-state index in [0.717, 1.165) is 132 Å². The molecule has 1 saturated carbocycles. The van der Waals surface area contributed by atoms with Crippen molar-refractivity contribution in [1.82, 2.24) is 27.4 Å². The molecule has 0 radical (unpaired) electrons. The van der Waals surface area contributed by atoms with Crippen LogP contribution in [-0.4, -0.2) is 54.7 Å². The Kier molecular flexibility index (Phi) is 18.0. The van der Waals surface area contributed by atoms with Crippen molar-refractivity contribution in [3.8, 4) is 22.7 Å². The zero-order valence-electron chi connectivity index (χ0n) is 81.2. The van der Waals surface area contributed by atoms with Crippen molar-refractivity contribution in [3.05, 3.63) is 297 Å². The number of aromatic nitrogens is 6. The van der Waals surface area contributed by atoms with E-state index < -0.39 is 38.4 Å². The number of nitrogens with zero attached hydrogens (tertiary/aromatic N) is 6. The molecule has 0 amide bonds. The fourth-order valence-electron chi connectivity index (χ4n) is 22.1. The van der Waals surface area contributed by atoms with Gasteiger partial charge in [0.15, 0.2) is 0 Å². The minimum atomic E-state index is -5.83. The van der Waals surface area contributed by atoms with E-state index in [1.165, 1.54) is 68.0 Å². The van der Waals surface area contributed by atoms with Crippen LogP contribution in [0.1, 0.15) is 225 Å².